The summed E-state index contributed by atoms with van der Waals surface area (Å²) in [6, 6.07) is 13.3. The molecule has 1 heterocycles. The highest BCUT2D eigenvalue weighted by Gasteiger charge is 2.16. The normalized spacial score (nSPS) is 10.8. The van der Waals surface area contributed by atoms with Crippen LogP contribution in [-0.4, -0.2) is 9.55 Å². The molecule has 0 atom stereocenters. The van der Waals surface area contributed by atoms with Gasteiger partial charge in [0.1, 0.15) is 11.9 Å². The summed E-state index contributed by atoms with van der Waals surface area (Å²) in [6.45, 7) is 2.01. The number of aryl methyl sites for hydroxylation is 1. The Morgan fingerprint density at radius 3 is 2.81 bits per heavy atom. The molecule has 0 saturated carbocycles. The van der Waals surface area contributed by atoms with Gasteiger partial charge in [-0.05, 0) is 36.8 Å². The number of benzene rings is 2. The molecule has 3 aromatic rings. The highest BCUT2D eigenvalue weighted by molar-refractivity contribution is 6.30. The standard InChI is InChI=1S/C16H11Cl2N3/c1-10-3-2-4-13-16(10)21(15(8-17)20-13)14-7-12(18)6-5-11(14)9-19/h2-7H,8H2,1H3. The van der Waals surface area contributed by atoms with Crippen LogP contribution in [0.2, 0.25) is 5.02 Å². The fraction of sp³-hybridized carbons (Fsp3) is 0.125. The van der Waals surface area contributed by atoms with E-state index in [0.29, 0.717) is 22.1 Å². The Morgan fingerprint density at radius 1 is 1.29 bits per heavy atom. The molecule has 0 aliphatic heterocycles. The van der Waals surface area contributed by atoms with Crippen LogP contribution in [0.1, 0.15) is 17.0 Å². The van der Waals surface area contributed by atoms with Crippen molar-refractivity contribution in [1.29, 1.82) is 5.26 Å². The first kappa shape index (κ1) is 13.9. The van der Waals surface area contributed by atoms with Crippen molar-refractivity contribution in [2.24, 2.45) is 0 Å². The highest BCUT2D eigenvalue weighted by atomic mass is 35.5. The van der Waals surface area contributed by atoms with Gasteiger partial charge in [0, 0.05) is 5.02 Å². The topological polar surface area (TPSA) is 41.6 Å². The first-order chi connectivity index (χ1) is 10.2. The van der Waals surface area contributed by atoms with Crippen molar-refractivity contribution < 1.29 is 0 Å². The van der Waals surface area contributed by atoms with E-state index in [1.165, 1.54) is 0 Å². The van der Waals surface area contributed by atoms with Crippen molar-refractivity contribution in [3.05, 3.63) is 58.4 Å². The Labute approximate surface area is 132 Å². The van der Waals surface area contributed by atoms with Crippen LogP contribution in [0.15, 0.2) is 36.4 Å². The number of para-hydroxylation sites is 1. The monoisotopic (exact) mass is 315 g/mol. The first-order valence-corrected chi connectivity index (χ1v) is 7.30. The van der Waals surface area contributed by atoms with Crippen LogP contribution >= 0.6 is 23.2 Å². The number of aromatic nitrogens is 2. The molecule has 0 fully saturated rings. The fourth-order valence-electron chi connectivity index (χ4n) is 2.48. The summed E-state index contributed by atoms with van der Waals surface area (Å²) in [7, 11) is 0. The van der Waals surface area contributed by atoms with Gasteiger partial charge in [0.15, 0.2) is 0 Å². The van der Waals surface area contributed by atoms with Crippen LogP contribution in [-0.2, 0) is 5.88 Å². The molecule has 0 aliphatic rings. The van der Waals surface area contributed by atoms with Gasteiger partial charge in [-0.2, -0.15) is 5.26 Å². The summed E-state index contributed by atoms with van der Waals surface area (Å²) in [6.07, 6.45) is 0. The Balaban J connectivity index is 2.45. The van der Waals surface area contributed by atoms with E-state index in [0.717, 1.165) is 16.6 Å². The minimum atomic E-state index is 0.255. The Kier molecular flexibility index (Phi) is 3.59. The zero-order valence-corrected chi connectivity index (χ0v) is 12.8. The molecule has 0 radical (unpaired) electrons. The second kappa shape index (κ2) is 5.40. The molecule has 0 spiro atoms. The van der Waals surface area contributed by atoms with Crippen LogP contribution in [0.25, 0.3) is 16.7 Å². The summed E-state index contributed by atoms with van der Waals surface area (Å²) in [5.74, 6) is 0.950. The number of hydrogen-bond acceptors (Lipinski definition) is 2. The third kappa shape index (κ3) is 2.27. The number of rotatable bonds is 2. The molecular weight excluding hydrogens is 305 g/mol. The summed E-state index contributed by atoms with van der Waals surface area (Å²) in [5, 5.41) is 9.92. The lowest BCUT2D eigenvalue weighted by molar-refractivity contribution is 0.975. The molecule has 0 bridgehead atoms. The van der Waals surface area contributed by atoms with Gasteiger partial charge in [-0.25, -0.2) is 4.98 Å². The van der Waals surface area contributed by atoms with Gasteiger partial charge in [-0.1, -0.05) is 23.7 Å². The number of halogens is 2. The fourth-order valence-corrected chi connectivity index (χ4v) is 2.82. The molecule has 0 N–H and O–H groups in total. The van der Waals surface area contributed by atoms with E-state index in [-0.39, 0.29) is 5.88 Å². The summed E-state index contributed by atoms with van der Waals surface area (Å²) >= 11 is 12.1. The van der Waals surface area contributed by atoms with E-state index in [1.54, 1.807) is 18.2 Å². The third-order valence-electron chi connectivity index (χ3n) is 3.39. The minimum absolute atomic E-state index is 0.255. The smallest absolute Gasteiger partial charge is 0.129 e. The van der Waals surface area contributed by atoms with Crippen LogP contribution in [0.3, 0.4) is 0 Å². The van der Waals surface area contributed by atoms with E-state index in [4.69, 9.17) is 23.2 Å². The zero-order chi connectivity index (χ0) is 15.0. The molecule has 3 nitrogen and oxygen atoms in total. The maximum absolute atomic E-state index is 9.35. The molecular formula is C16H11Cl2N3. The molecule has 0 aliphatic carbocycles. The second-order valence-electron chi connectivity index (χ2n) is 4.71. The molecule has 5 heteroatoms. The lowest BCUT2D eigenvalue weighted by Gasteiger charge is -2.11. The van der Waals surface area contributed by atoms with Crippen LogP contribution in [0.5, 0.6) is 0 Å². The predicted molar refractivity (Wildman–Crippen MR) is 85.1 cm³/mol. The van der Waals surface area contributed by atoms with Gasteiger partial charge in [0.25, 0.3) is 0 Å². The van der Waals surface area contributed by atoms with Gasteiger partial charge >= 0.3 is 0 Å². The van der Waals surface area contributed by atoms with E-state index in [1.807, 2.05) is 29.7 Å². The molecule has 21 heavy (non-hydrogen) atoms. The average molecular weight is 316 g/mol. The van der Waals surface area contributed by atoms with Crippen molar-refractivity contribution in [2.45, 2.75) is 12.8 Å². The molecule has 104 valence electrons. The van der Waals surface area contributed by atoms with E-state index in [9.17, 15) is 5.26 Å². The molecule has 2 aromatic carbocycles. The predicted octanol–water partition coefficient (Wildman–Crippen LogP) is 4.60. The minimum Gasteiger partial charge on any atom is -0.294 e. The average Bonchev–Trinajstić information content (AvgIpc) is 2.87. The van der Waals surface area contributed by atoms with Crippen molar-refractivity contribution in [1.82, 2.24) is 9.55 Å². The zero-order valence-electron chi connectivity index (χ0n) is 11.3. The Morgan fingerprint density at radius 2 is 2.10 bits per heavy atom. The number of nitrogens with zero attached hydrogens (tertiary/aromatic N) is 3. The van der Waals surface area contributed by atoms with Gasteiger partial charge in [-0.15, -0.1) is 11.6 Å². The lowest BCUT2D eigenvalue weighted by Crippen LogP contribution is -2.02. The third-order valence-corrected chi connectivity index (χ3v) is 3.86. The van der Waals surface area contributed by atoms with Gasteiger partial charge in [0.2, 0.25) is 0 Å². The van der Waals surface area contributed by atoms with Crippen LogP contribution in [0, 0.1) is 18.3 Å². The van der Waals surface area contributed by atoms with Gasteiger partial charge < -0.3 is 0 Å². The van der Waals surface area contributed by atoms with Crippen LogP contribution < -0.4 is 0 Å². The molecule has 0 unspecified atom stereocenters. The quantitative estimate of drug-likeness (QED) is 0.648. The van der Waals surface area contributed by atoms with Gasteiger partial charge in [0.05, 0.1) is 28.2 Å². The number of nitriles is 1. The Bertz CT molecular complexity index is 875. The van der Waals surface area contributed by atoms with Crippen LogP contribution in [0.4, 0.5) is 0 Å². The Hall–Kier alpha value is -2.02. The maximum atomic E-state index is 9.35. The van der Waals surface area contributed by atoms with E-state index in [2.05, 4.69) is 11.1 Å². The second-order valence-corrected chi connectivity index (χ2v) is 5.42. The van der Waals surface area contributed by atoms with Gasteiger partial charge in [-0.3, -0.25) is 4.57 Å². The lowest BCUT2D eigenvalue weighted by atomic mass is 10.1. The van der Waals surface area contributed by atoms with Crippen molar-refractivity contribution in [3.63, 3.8) is 0 Å². The summed E-state index contributed by atoms with van der Waals surface area (Å²) in [4.78, 5) is 4.55. The van der Waals surface area contributed by atoms with E-state index >= 15 is 0 Å². The first-order valence-electron chi connectivity index (χ1n) is 6.38. The highest BCUT2D eigenvalue weighted by Crippen LogP contribution is 2.28. The largest absolute Gasteiger partial charge is 0.294 e. The van der Waals surface area contributed by atoms with Crippen molar-refractivity contribution in [3.8, 4) is 11.8 Å². The summed E-state index contributed by atoms with van der Waals surface area (Å²) < 4.78 is 1.92. The molecule has 0 saturated heterocycles. The number of fused-ring (bicyclic) bond motifs is 1. The molecule has 0 amide bonds. The maximum Gasteiger partial charge on any atom is 0.129 e. The van der Waals surface area contributed by atoms with Crippen molar-refractivity contribution >= 4 is 34.2 Å². The number of alkyl halides is 1. The van der Waals surface area contributed by atoms with E-state index < -0.39 is 0 Å². The number of imidazole rings is 1. The SMILES string of the molecule is Cc1cccc2nc(CCl)n(-c3cc(Cl)ccc3C#N)c12. The number of hydrogen-bond donors (Lipinski definition) is 0. The summed E-state index contributed by atoms with van der Waals surface area (Å²) in [5.41, 5.74) is 4.12. The molecule has 1 aromatic heterocycles. The van der Waals surface area contributed by atoms with Crippen molar-refractivity contribution in [2.75, 3.05) is 0 Å². The molecule has 3 rings (SSSR count).